The maximum absolute atomic E-state index is 12.3. The van der Waals surface area contributed by atoms with Crippen LogP contribution in [0.15, 0.2) is 24.3 Å². The zero-order valence-electron chi connectivity index (χ0n) is 12.1. The summed E-state index contributed by atoms with van der Waals surface area (Å²) in [6.45, 7) is 0.636. The molecule has 0 bridgehead atoms. The van der Waals surface area contributed by atoms with E-state index in [0.717, 1.165) is 19.3 Å². The summed E-state index contributed by atoms with van der Waals surface area (Å²) in [5, 5.41) is 2.90. The fraction of sp³-hybridized carbons (Fsp3) is 0.533. The number of carbonyl (C=O) groups is 1. The quantitative estimate of drug-likeness (QED) is 0.887. The van der Waals surface area contributed by atoms with Crippen molar-refractivity contribution >= 4 is 11.7 Å². The molecule has 1 aromatic carbocycles. The number of ether oxygens (including phenoxy) is 1. The van der Waals surface area contributed by atoms with Gasteiger partial charge in [-0.1, -0.05) is 18.6 Å². The maximum Gasteiger partial charge on any atom is 0.321 e. The largest absolute Gasteiger partial charge is 0.495 e. The first-order valence-corrected chi connectivity index (χ1v) is 7.04. The molecular formula is C15H23N3O2. The summed E-state index contributed by atoms with van der Waals surface area (Å²) >= 11 is 0. The van der Waals surface area contributed by atoms with Crippen LogP contribution < -0.4 is 15.8 Å². The number of nitrogens with zero attached hydrogens (tertiary/aromatic N) is 1. The van der Waals surface area contributed by atoms with E-state index in [-0.39, 0.29) is 12.1 Å². The predicted molar refractivity (Wildman–Crippen MR) is 80.0 cm³/mol. The maximum atomic E-state index is 12.3. The number of nitrogens with one attached hydrogen (secondary N) is 1. The molecule has 1 aromatic rings. The number of para-hydroxylation sites is 2. The summed E-state index contributed by atoms with van der Waals surface area (Å²) in [5.74, 6) is 1.07. The first-order chi connectivity index (χ1) is 9.67. The molecule has 2 unspecified atom stereocenters. The molecule has 2 amide bonds. The number of carbonyl (C=O) groups excluding carboxylic acids is 1. The SMILES string of the molecule is COc1ccccc1NC(=O)N(C)C1CCCC1CN. The van der Waals surface area contributed by atoms with Crippen molar-refractivity contribution in [3.8, 4) is 5.75 Å². The Labute approximate surface area is 120 Å². The highest BCUT2D eigenvalue weighted by Gasteiger charge is 2.31. The summed E-state index contributed by atoms with van der Waals surface area (Å²) in [5.41, 5.74) is 6.47. The van der Waals surface area contributed by atoms with Gasteiger partial charge in [0.25, 0.3) is 0 Å². The second kappa shape index (κ2) is 6.61. The molecule has 2 rings (SSSR count). The van der Waals surface area contributed by atoms with Gasteiger partial charge in [-0.3, -0.25) is 0 Å². The van der Waals surface area contributed by atoms with Gasteiger partial charge < -0.3 is 20.7 Å². The Balaban J connectivity index is 2.04. The van der Waals surface area contributed by atoms with Crippen LogP contribution >= 0.6 is 0 Å². The van der Waals surface area contributed by atoms with Crippen LogP contribution in [0.2, 0.25) is 0 Å². The van der Waals surface area contributed by atoms with E-state index in [1.54, 1.807) is 12.0 Å². The van der Waals surface area contributed by atoms with Crippen LogP contribution in [0.25, 0.3) is 0 Å². The van der Waals surface area contributed by atoms with Gasteiger partial charge in [0.1, 0.15) is 5.75 Å². The highest BCUT2D eigenvalue weighted by atomic mass is 16.5. The Morgan fingerprint density at radius 3 is 2.90 bits per heavy atom. The highest BCUT2D eigenvalue weighted by Crippen LogP contribution is 2.29. The molecule has 5 heteroatoms. The van der Waals surface area contributed by atoms with Crippen LogP contribution in [-0.2, 0) is 0 Å². The molecule has 0 saturated heterocycles. The zero-order valence-corrected chi connectivity index (χ0v) is 12.1. The van der Waals surface area contributed by atoms with Crippen LogP contribution in [0.4, 0.5) is 10.5 Å². The van der Waals surface area contributed by atoms with Gasteiger partial charge in [-0.05, 0) is 37.4 Å². The summed E-state index contributed by atoms with van der Waals surface area (Å²) in [4.78, 5) is 14.1. The number of urea groups is 1. The molecule has 0 spiro atoms. The van der Waals surface area contributed by atoms with E-state index in [9.17, 15) is 4.79 Å². The van der Waals surface area contributed by atoms with E-state index in [1.165, 1.54) is 0 Å². The molecular weight excluding hydrogens is 254 g/mol. The summed E-state index contributed by atoms with van der Waals surface area (Å²) in [6, 6.07) is 7.53. The number of amides is 2. The minimum absolute atomic E-state index is 0.111. The van der Waals surface area contributed by atoms with Crippen LogP contribution in [0, 0.1) is 5.92 Å². The average Bonchev–Trinajstić information content (AvgIpc) is 2.95. The van der Waals surface area contributed by atoms with Crippen LogP contribution in [0.1, 0.15) is 19.3 Å². The normalized spacial score (nSPS) is 21.6. The van der Waals surface area contributed by atoms with Crippen molar-refractivity contribution in [2.75, 3.05) is 26.0 Å². The number of nitrogens with two attached hydrogens (primary N) is 1. The third-order valence-corrected chi connectivity index (χ3v) is 4.09. The van der Waals surface area contributed by atoms with Gasteiger partial charge in [0.05, 0.1) is 12.8 Å². The van der Waals surface area contributed by atoms with E-state index >= 15 is 0 Å². The van der Waals surface area contributed by atoms with E-state index < -0.39 is 0 Å². The van der Waals surface area contributed by atoms with Gasteiger partial charge in [-0.25, -0.2) is 4.79 Å². The van der Waals surface area contributed by atoms with Gasteiger partial charge in [-0.15, -0.1) is 0 Å². The Kier molecular flexibility index (Phi) is 4.84. The highest BCUT2D eigenvalue weighted by molar-refractivity contribution is 5.91. The van der Waals surface area contributed by atoms with E-state index in [1.807, 2.05) is 31.3 Å². The van der Waals surface area contributed by atoms with Crippen molar-refractivity contribution in [3.63, 3.8) is 0 Å². The molecule has 5 nitrogen and oxygen atoms in total. The lowest BCUT2D eigenvalue weighted by molar-refractivity contribution is 0.189. The molecule has 0 aliphatic heterocycles. The number of hydrogen-bond acceptors (Lipinski definition) is 3. The molecule has 3 N–H and O–H groups in total. The van der Waals surface area contributed by atoms with Crippen molar-refractivity contribution in [1.82, 2.24) is 4.90 Å². The monoisotopic (exact) mass is 277 g/mol. The zero-order chi connectivity index (χ0) is 14.5. The Bertz CT molecular complexity index is 464. The third-order valence-electron chi connectivity index (χ3n) is 4.09. The second-order valence-electron chi connectivity index (χ2n) is 5.24. The van der Waals surface area contributed by atoms with Gasteiger partial charge in [0.2, 0.25) is 0 Å². The number of benzene rings is 1. The molecule has 110 valence electrons. The topological polar surface area (TPSA) is 67.6 Å². The van der Waals surface area contributed by atoms with Crippen molar-refractivity contribution in [1.29, 1.82) is 0 Å². The van der Waals surface area contributed by atoms with Crippen molar-refractivity contribution in [3.05, 3.63) is 24.3 Å². The second-order valence-corrected chi connectivity index (χ2v) is 5.24. The molecule has 0 aromatic heterocycles. The molecule has 2 atom stereocenters. The van der Waals surface area contributed by atoms with E-state index in [4.69, 9.17) is 10.5 Å². The Hall–Kier alpha value is -1.75. The van der Waals surface area contributed by atoms with Gasteiger partial charge in [0.15, 0.2) is 0 Å². The molecule has 1 saturated carbocycles. The van der Waals surface area contributed by atoms with Crippen molar-refractivity contribution < 1.29 is 9.53 Å². The first-order valence-electron chi connectivity index (χ1n) is 7.04. The lowest BCUT2D eigenvalue weighted by atomic mass is 10.0. The standard InChI is InChI=1S/C15H23N3O2/c1-18(13-8-5-6-11(13)10-16)15(19)17-12-7-3-4-9-14(12)20-2/h3-4,7,9,11,13H,5-6,8,10,16H2,1-2H3,(H,17,19). The minimum Gasteiger partial charge on any atom is -0.495 e. The Morgan fingerprint density at radius 2 is 2.20 bits per heavy atom. The Morgan fingerprint density at radius 1 is 1.45 bits per heavy atom. The number of methoxy groups -OCH3 is 1. The smallest absolute Gasteiger partial charge is 0.321 e. The van der Waals surface area contributed by atoms with Crippen molar-refractivity contribution in [2.24, 2.45) is 11.7 Å². The van der Waals surface area contributed by atoms with Crippen molar-refractivity contribution in [2.45, 2.75) is 25.3 Å². The fourth-order valence-electron chi connectivity index (χ4n) is 2.90. The lowest BCUT2D eigenvalue weighted by Gasteiger charge is -2.29. The molecule has 1 aliphatic carbocycles. The molecule has 0 radical (unpaired) electrons. The van der Waals surface area contributed by atoms with Crippen LogP contribution in [0.5, 0.6) is 5.75 Å². The summed E-state index contributed by atoms with van der Waals surface area (Å²) in [7, 11) is 3.43. The molecule has 1 aliphatic rings. The van der Waals surface area contributed by atoms with Gasteiger partial charge in [0, 0.05) is 13.1 Å². The average molecular weight is 277 g/mol. The third kappa shape index (κ3) is 3.04. The van der Waals surface area contributed by atoms with Crippen LogP contribution in [-0.4, -0.2) is 37.7 Å². The van der Waals surface area contributed by atoms with E-state index in [2.05, 4.69) is 5.32 Å². The lowest BCUT2D eigenvalue weighted by Crippen LogP contribution is -2.43. The first kappa shape index (κ1) is 14.7. The fourth-order valence-corrected chi connectivity index (χ4v) is 2.90. The predicted octanol–water partition coefficient (Wildman–Crippen LogP) is 2.29. The number of hydrogen-bond donors (Lipinski definition) is 2. The molecule has 1 fully saturated rings. The molecule has 20 heavy (non-hydrogen) atoms. The minimum atomic E-state index is -0.111. The molecule has 0 heterocycles. The van der Waals surface area contributed by atoms with Gasteiger partial charge >= 0.3 is 6.03 Å². The summed E-state index contributed by atoms with van der Waals surface area (Å²) in [6.07, 6.45) is 3.27. The number of anilines is 1. The summed E-state index contributed by atoms with van der Waals surface area (Å²) < 4.78 is 5.24. The number of rotatable bonds is 4. The van der Waals surface area contributed by atoms with E-state index in [0.29, 0.717) is 23.9 Å². The van der Waals surface area contributed by atoms with Gasteiger partial charge in [-0.2, -0.15) is 0 Å². The van der Waals surface area contributed by atoms with Crippen LogP contribution in [0.3, 0.4) is 0 Å².